The van der Waals surface area contributed by atoms with Crippen LogP contribution < -0.4 is 4.74 Å². The Morgan fingerprint density at radius 2 is 1.94 bits per heavy atom. The van der Waals surface area contributed by atoms with Crippen LogP contribution in [0.3, 0.4) is 0 Å². The highest BCUT2D eigenvalue weighted by atomic mass is 16.7. The van der Waals surface area contributed by atoms with Gasteiger partial charge in [0.15, 0.2) is 5.79 Å². The molecule has 0 radical (unpaired) electrons. The second-order valence-electron chi connectivity index (χ2n) is 8.75. The Labute approximate surface area is 188 Å². The van der Waals surface area contributed by atoms with Gasteiger partial charge in [-0.25, -0.2) is 0 Å². The minimum Gasteiger partial charge on any atom is -0.497 e. The van der Waals surface area contributed by atoms with Crippen LogP contribution in [-0.4, -0.2) is 61.5 Å². The zero-order valence-corrected chi connectivity index (χ0v) is 19.5. The molecular weight excluding hydrogens is 418 g/mol. The lowest BCUT2D eigenvalue weighted by atomic mass is 9.91. The van der Waals surface area contributed by atoms with E-state index in [9.17, 15) is 15.4 Å². The summed E-state index contributed by atoms with van der Waals surface area (Å²) >= 11 is 0. The standard InChI is InChI=1S/C22H33N3O7/c1-7-29-19-17(24-25-23)18(30-12-14-8-10-15(28-6)11-9-14)16(32-22(19,5)27)13-31-20(26)21(2,3)4/h8-11,16-19,27H,7,12-13H2,1-6H3/t16-,17-,18-,19+,22+/m1/s1. The lowest BCUT2D eigenvalue weighted by Gasteiger charge is -2.47. The van der Waals surface area contributed by atoms with E-state index < -0.39 is 41.5 Å². The SMILES string of the molecule is CCO[C@H]1[C@H](N=[N+]=[N-])[C@H](OCc2ccc(OC)cc2)[C@@H](COC(=O)C(C)(C)C)O[C@]1(C)O. The van der Waals surface area contributed by atoms with Crippen LogP contribution in [0, 0.1) is 5.41 Å². The molecule has 0 saturated carbocycles. The number of hydrogen-bond donors (Lipinski definition) is 1. The molecule has 5 atom stereocenters. The zero-order chi connectivity index (χ0) is 23.9. The monoisotopic (exact) mass is 451 g/mol. The van der Waals surface area contributed by atoms with Crippen LogP contribution in [0.25, 0.3) is 10.4 Å². The third-order valence-corrected chi connectivity index (χ3v) is 5.05. The largest absolute Gasteiger partial charge is 0.497 e. The molecule has 0 unspecified atom stereocenters. The third-order valence-electron chi connectivity index (χ3n) is 5.05. The molecule has 1 aromatic carbocycles. The van der Waals surface area contributed by atoms with Gasteiger partial charge in [-0.3, -0.25) is 4.79 Å². The van der Waals surface area contributed by atoms with E-state index in [1.54, 1.807) is 46.9 Å². The lowest BCUT2D eigenvalue weighted by molar-refractivity contribution is -0.332. The molecule has 178 valence electrons. The Morgan fingerprint density at radius 3 is 2.47 bits per heavy atom. The highest BCUT2D eigenvalue weighted by Crippen LogP contribution is 2.34. The van der Waals surface area contributed by atoms with Gasteiger partial charge in [-0.05, 0) is 57.8 Å². The summed E-state index contributed by atoms with van der Waals surface area (Å²) in [5.41, 5.74) is 9.31. The van der Waals surface area contributed by atoms with Crippen molar-refractivity contribution < 1.29 is 33.6 Å². The number of nitrogens with zero attached hydrogens (tertiary/aromatic N) is 3. The molecule has 0 aliphatic carbocycles. The number of methoxy groups -OCH3 is 1. The first-order chi connectivity index (χ1) is 15.0. The van der Waals surface area contributed by atoms with Crippen molar-refractivity contribution in [2.45, 2.75) is 71.4 Å². The van der Waals surface area contributed by atoms with Crippen LogP contribution in [0.15, 0.2) is 29.4 Å². The van der Waals surface area contributed by atoms with Crippen LogP contribution in [-0.2, 0) is 30.3 Å². The fourth-order valence-electron chi connectivity index (χ4n) is 3.39. The Bertz CT molecular complexity index is 801. The maximum Gasteiger partial charge on any atom is 0.311 e. The van der Waals surface area contributed by atoms with Gasteiger partial charge in [0.2, 0.25) is 0 Å². The summed E-state index contributed by atoms with van der Waals surface area (Å²) < 4.78 is 28.2. The van der Waals surface area contributed by atoms with Crippen molar-refractivity contribution in [3.05, 3.63) is 40.3 Å². The smallest absolute Gasteiger partial charge is 0.311 e. The molecule has 1 fully saturated rings. The predicted octanol–water partition coefficient (Wildman–Crippen LogP) is 3.36. The lowest BCUT2D eigenvalue weighted by Crippen LogP contribution is -2.65. The van der Waals surface area contributed by atoms with Crippen molar-refractivity contribution >= 4 is 5.97 Å². The van der Waals surface area contributed by atoms with E-state index in [4.69, 9.17) is 23.7 Å². The Morgan fingerprint density at radius 1 is 1.28 bits per heavy atom. The number of benzene rings is 1. The summed E-state index contributed by atoms with van der Waals surface area (Å²) in [5, 5.41) is 14.7. The predicted molar refractivity (Wildman–Crippen MR) is 116 cm³/mol. The van der Waals surface area contributed by atoms with E-state index in [1.807, 2.05) is 12.1 Å². The van der Waals surface area contributed by atoms with Crippen LogP contribution in [0.1, 0.15) is 40.2 Å². The Kier molecular flexibility index (Phi) is 8.89. The van der Waals surface area contributed by atoms with Gasteiger partial charge >= 0.3 is 5.97 Å². The third kappa shape index (κ3) is 6.57. The van der Waals surface area contributed by atoms with Gasteiger partial charge in [0, 0.05) is 11.5 Å². The van der Waals surface area contributed by atoms with Crippen molar-refractivity contribution in [1.82, 2.24) is 0 Å². The molecule has 1 aliphatic heterocycles. The first kappa shape index (κ1) is 25.9. The van der Waals surface area contributed by atoms with Gasteiger partial charge < -0.3 is 28.8 Å². The maximum atomic E-state index is 12.3. The number of azide groups is 1. The second-order valence-corrected chi connectivity index (χ2v) is 8.75. The average Bonchev–Trinajstić information content (AvgIpc) is 2.73. The van der Waals surface area contributed by atoms with Crippen molar-refractivity contribution in [1.29, 1.82) is 0 Å². The molecule has 10 heteroatoms. The van der Waals surface area contributed by atoms with Gasteiger partial charge in [-0.2, -0.15) is 0 Å². The molecule has 0 amide bonds. The summed E-state index contributed by atoms with van der Waals surface area (Å²) in [4.78, 5) is 15.2. The molecular formula is C22H33N3O7. The molecule has 32 heavy (non-hydrogen) atoms. The minimum atomic E-state index is -1.78. The van der Waals surface area contributed by atoms with Gasteiger partial charge in [-0.15, -0.1) is 0 Å². The summed E-state index contributed by atoms with van der Waals surface area (Å²) in [6, 6.07) is 6.38. The van der Waals surface area contributed by atoms with Crippen molar-refractivity contribution in [2.75, 3.05) is 20.3 Å². The van der Waals surface area contributed by atoms with E-state index in [-0.39, 0.29) is 19.8 Å². The molecule has 0 aromatic heterocycles. The van der Waals surface area contributed by atoms with Crippen molar-refractivity contribution in [3.63, 3.8) is 0 Å². The fraction of sp³-hybridized carbons (Fsp3) is 0.682. The molecule has 0 bridgehead atoms. The number of rotatable bonds is 9. The molecule has 1 N–H and O–H groups in total. The van der Waals surface area contributed by atoms with E-state index >= 15 is 0 Å². The van der Waals surface area contributed by atoms with Crippen LogP contribution in [0.5, 0.6) is 5.75 Å². The van der Waals surface area contributed by atoms with E-state index in [0.717, 1.165) is 5.56 Å². The number of carbonyl (C=O) groups excluding carboxylic acids is 1. The fourth-order valence-corrected chi connectivity index (χ4v) is 3.39. The van der Waals surface area contributed by atoms with E-state index in [0.29, 0.717) is 5.75 Å². The van der Waals surface area contributed by atoms with Gasteiger partial charge in [-0.1, -0.05) is 17.2 Å². The van der Waals surface area contributed by atoms with Crippen molar-refractivity contribution in [2.24, 2.45) is 10.5 Å². The summed E-state index contributed by atoms with van der Waals surface area (Å²) in [7, 11) is 1.58. The van der Waals surface area contributed by atoms with Crippen LogP contribution in [0.2, 0.25) is 0 Å². The molecule has 1 aromatic rings. The second kappa shape index (κ2) is 11.0. The first-order valence-electron chi connectivity index (χ1n) is 10.5. The van der Waals surface area contributed by atoms with E-state index in [1.165, 1.54) is 6.92 Å². The van der Waals surface area contributed by atoms with Gasteiger partial charge in [0.25, 0.3) is 0 Å². The molecule has 1 heterocycles. The topological polar surface area (TPSA) is 132 Å². The molecule has 10 nitrogen and oxygen atoms in total. The summed E-state index contributed by atoms with van der Waals surface area (Å²) in [6.07, 6.45) is -2.70. The number of ether oxygens (including phenoxy) is 5. The quantitative estimate of drug-likeness (QED) is 0.263. The number of esters is 1. The summed E-state index contributed by atoms with van der Waals surface area (Å²) in [5.74, 6) is -1.50. The first-order valence-corrected chi connectivity index (χ1v) is 10.5. The van der Waals surface area contributed by atoms with Crippen LogP contribution >= 0.6 is 0 Å². The number of aliphatic hydroxyl groups is 1. The highest BCUT2D eigenvalue weighted by Gasteiger charge is 2.53. The number of hydrogen-bond acceptors (Lipinski definition) is 8. The molecule has 0 spiro atoms. The Hall–Kier alpha value is -2.36. The van der Waals surface area contributed by atoms with Gasteiger partial charge in [0.1, 0.15) is 24.6 Å². The molecule has 1 aliphatic rings. The highest BCUT2D eigenvalue weighted by molar-refractivity contribution is 5.75. The maximum absolute atomic E-state index is 12.3. The molecule has 2 rings (SSSR count). The van der Waals surface area contributed by atoms with Crippen molar-refractivity contribution in [3.8, 4) is 5.75 Å². The minimum absolute atomic E-state index is 0.167. The zero-order valence-electron chi connectivity index (χ0n) is 19.5. The van der Waals surface area contributed by atoms with E-state index in [2.05, 4.69) is 10.0 Å². The van der Waals surface area contributed by atoms with Gasteiger partial charge in [0.05, 0.1) is 31.3 Å². The Balaban J connectivity index is 2.29. The number of carbonyl (C=O) groups is 1. The summed E-state index contributed by atoms with van der Waals surface area (Å²) in [6.45, 7) is 8.63. The normalized spacial score (nSPS) is 28.0. The molecule has 1 saturated heterocycles. The van der Waals surface area contributed by atoms with Crippen LogP contribution in [0.4, 0.5) is 0 Å². The average molecular weight is 452 g/mol.